The van der Waals surface area contributed by atoms with Crippen molar-refractivity contribution in [3.05, 3.63) is 76.1 Å². The number of nitro benzene ring substituents is 1. The summed E-state index contributed by atoms with van der Waals surface area (Å²) in [5.41, 5.74) is 2.07. The van der Waals surface area contributed by atoms with Gasteiger partial charge in [-0.15, -0.1) is 0 Å². The van der Waals surface area contributed by atoms with Crippen LogP contribution < -0.4 is 0 Å². The van der Waals surface area contributed by atoms with Crippen LogP contribution in [-0.2, 0) is 0 Å². The molecule has 0 saturated heterocycles. The molecular weight excluding hydrogens is 282 g/mol. The third-order valence-electron chi connectivity index (χ3n) is 3.13. The molecule has 3 aromatic rings. The first kappa shape index (κ1) is 13.7. The Labute approximate surface area is 125 Å². The number of rotatable bonds is 4. The van der Waals surface area contributed by atoms with Crippen LogP contribution >= 0.6 is 0 Å². The minimum Gasteiger partial charge on any atom is -0.335 e. The number of imidazole rings is 1. The summed E-state index contributed by atoms with van der Waals surface area (Å²) >= 11 is 0. The standard InChI is InChI=1S/C16H11N3O3/c20-15(16-17-13-6-1-2-7-14(13)18-16)9-8-11-4-3-5-12(10-11)19(21)22/h1-10H,(H,17,18)/b9-8+. The van der Waals surface area contributed by atoms with Crippen molar-refractivity contribution in [3.63, 3.8) is 0 Å². The fourth-order valence-electron chi connectivity index (χ4n) is 2.06. The highest BCUT2D eigenvalue weighted by molar-refractivity contribution is 6.05. The summed E-state index contributed by atoms with van der Waals surface area (Å²) in [5.74, 6) is -0.0504. The number of para-hydroxylation sites is 2. The monoisotopic (exact) mass is 293 g/mol. The minimum atomic E-state index is -0.474. The molecule has 3 rings (SSSR count). The average molecular weight is 293 g/mol. The van der Waals surface area contributed by atoms with Gasteiger partial charge >= 0.3 is 0 Å². The van der Waals surface area contributed by atoms with E-state index >= 15 is 0 Å². The SMILES string of the molecule is O=C(/C=C/c1cccc([N+](=O)[O-])c1)c1nc2ccccc2[nH]1. The number of fused-ring (bicyclic) bond motifs is 1. The maximum atomic E-state index is 12.1. The number of ketones is 1. The van der Waals surface area contributed by atoms with Crippen LogP contribution in [0, 0.1) is 10.1 Å². The van der Waals surface area contributed by atoms with Gasteiger partial charge in [0.25, 0.3) is 5.69 Å². The zero-order chi connectivity index (χ0) is 15.5. The Bertz CT molecular complexity index is 863. The number of nitrogens with zero attached hydrogens (tertiary/aromatic N) is 2. The summed E-state index contributed by atoms with van der Waals surface area (Å²) in [7, 11) is 0. The van der Waals surface area contributed by atoms with Gasteiger partial charge in [0.15, 0.2) is 5.82 Å². The van der Waals surface area contributed by atoms with Crippen molar-refractivity contribution in [2.75, 3.05) is 0 Å². The number of hydrogen-bond acceptors (Lipinski definition) is 4. The zero-order valence-corrected chi connectivity index (χ0v) is 11.4. The van der Waals surface area contributed by atoms with E-state index in [2.05, 4.69) is 9.97 Å². The lowest BCUT2D eigenvalue weighted by atomic mass is 10.1. The van der Waals surface area contributed by atoms with Crippen molar-refractivity contribution in [3.8, 4) is 0 Å². The van der Waals surface area contributed by atoms with Crippen LogP contribution in [0.3, 0.4) is 0 Å². The molecule has 0 aliphatic heterocycles. The second-order valence-electron chi connectivity index (χ2n) is 4.65. The van der Waals surface area contributed by atoms with E-state index in [-0.39, 0.29) is 17.3 Å². The molecule has 1 aromatic heterocycles. The first-order valence-electron chi connectivity index (χ1n) is 6.55. The number of benzene rings is 2. The summed E-state index contributed by atoms with van der Waals surface area (Å²) in [6.07, 6.45) is 2.87. The van der Waals surface area contributed by atoms with Crippen LogP contribution in [-0.4, -0.2) is 20.7 Å². The normalized spacial score (nSPS) is 11.1. The van der Waals surface area contributed by atoms with E-state index in [0.29, 0.717) is 5.56 Å². The van der Waals surface area contributed by atoms with Gasteiger partial charge in [-0.1, -0.05) is 30.3 Å². The van der Waals surface area contributed by atoms with Crippen LogP contribution in [0.5, 0.6) is 0 Å². The lowest BCUT2D eigenvalue weighted by Crippen LogP contribution is -1.96. The largest absolute Gasteiger partial charge is 0.335 e. The van der Waals surface area contributed by atoms with Crippen molar-refractivity contribution in [1.82, 2.24) is 9.97 Å². The van der Waals surface area contributed by atoms with E-state index in [1.54, 1.807) is 12.1 Å². The molecule has 0 aliphatic carbocycles. The van der Waals surface area contributed by atoms with Gasteiger partial charge in [0, 0.05) is 12.1 Å². The maximum absolute atomic E-state index is 12.1. The van der Waals surface area contributed by atoms with Crippen LogP contribution in [0.2, 0.25) is 0 Å². The molecule has 0 atom stereocenters. The van der Waals surface area contributed by atoms with Gasteiger partial charge < -0.3 is 4.98 Å². The minimum absolute atomic E-state index is 0.0154. The van der Waals surface area contributed by atoms with Crippen LogP contribution in [0.4, 0.5) is 5.69 Å². The fourth-order valence-corrected chi connectivity index (χ4v) is 2.06. The number of aromatic amines is 1. The molecule has 0 spiro atoms. The van der Waals surface area contributed by atoms with Gasteiger partial charge in [0.05, 0.1) is 16.0 Å². The first-order chi connectivity index (χ1) is 10.6. The summed E-state index contributed by atoms with van der Waals surface area (Å²) < 4.78 is 0. The van der Waals surface area contributed by atoms with E-state index in [4.69, 9.17) is 0 Å². The molecule has 0 aliphatic rings. The van der Waals surface area contributed by atoms with Crippen LogP contribution in [0.15, 0.2) is 54.6 Å². The molecule has 0 amide bonds. The van der Waals surface area contributed by atoms with Gasteiger partial charge in [0.1, 0.15) is 0 Å². The summed E-state index contributed by atoms with van der Waals surface area (Å²) in [5, 5.41) is 10.7. The molecular formula is C16H11N3O3. The first-order valence-corrected chi connectivity index (χ1v) is 6.55. The second kappa shape index (κ2) is 5.61. The smallest absolute Gasteiger partial charge is 0.270 e. The molecule has 22 heavy (non-hydrogen) atoms. The predicted molar refractivity (Wildman–Crippen MR) is 82.6 cm³/mol. The van der Waals surface area contributed by atoms with Gasteiger partial charge in [-0.3, -0.25) is 14.9 Å². The quantitative estimate of drug-likeness (QED) is 0.345. The predicted octanol–water partition coefficient (Wildman–Crippen LogP) is 3.37. The van der Waals surface area contributed by atoms with Crippen molar-refractivity contribution < 1.29 is 9.72 Å². The third kappa shape index (κ3) is 2.76. The molecule has 0 unspecified atom stereocenters. The number of allylic oxidation sites excluding steroid dienone is 1. The lowest BCUT2D eigenvalue weighted by Gasteiger charge is -1.94. The van der Waals surface area contributed by atoms with Crippen molar-refractivity contribution in [2.24, 2.45) is 0 Å². The van der Waals surface area contributed by atoms with Gasteiger partial charge in [-0.2, -0.15) is 0 Å². The summed E-state index contributed by atoms with van der Waals surface area (Å²) in [4.78, 5) is 29.5. The van der Waals surface area contributed by atoms with Gasteiger partial charge in [0.2, 0.25) is 5.78 Å². The Morgan fingerprint density at radius 3 is 2.77 bits per heavy atom. The zero-order valence-electron chi connectivity index (χ0n) is 11.4. The molecule has 1 heterocycles. The molecule has 0 fully saturated rings. The van der Waals surface area contributed by atoms with E-state index in [9.17, 15) is 14.9 Å². The summed E-state index contributed by atoms with van der Waals surface area (Å²) in [6.45, 7) is 0. The number of non-ortho nitro benzene ring substituents is 1. The third-order valence-corrected chi connectivity index (χ3v) is 3.13. The Balaban J connectivity index is 1.84. The lowest BCUT2D eigenvalue weighted by molar-refractivity contribution is -0.384. The van der Waals surface area contributed by atoms with E-state index in [1.807, 2.05) is 24.3 Å². The molecule has 2 aromatic carbocycles. The van der Waals surface area contributed by atoms with Crippen LogP contribution in [0.1, 0.15) is 16.2 Å². The fraction of sp³-hybridized carbons (Fsp3) is 0. The summed E-state index contributed by atoms with van der Waals surface area (Å²) in [6, 6.07) is 13.4. The van der Waals surface area contributed by atoms with E-state index in [1.165, 1.54) is 24.3 Å². The Morgan fingerprint density at radius 2 is 2.00 bits per heavy atom. The van der Waals surface area contributed by atoms with Gasteiger partial charge in [-0.25, -0.2) is 4.98 Å². The van der Waals surface area contributed by atoms with E-state index < -0.39 is 4.92 Å². The number of carbonyl (C=O) groups excluding carboxylic acids is 1. The second-order valence-corrected chi connectivity index (χ2v) is 4.65. The molecule has 0 saturated carbocycles. The Hall–Kier alpha value is -3.28. The highest BCUT2D eigenvalue weighted by Gasteiger charge is 2.08. The van der Waals surface area contributed by atoms with E-state index in [0.717, 1.165) is 11.0 Å². The highest BCUT2D eigenvalue weighted by Crippen LogP contribution is 2.15. The van der Waals surface area contributed by atoms with Gasteiger partial charge in [-0.05, 0) is 23.8 Å². The number of nitrogens with one attached hydrogen (secondary N) is 1. The molecule has 1 N–H and O–H groups in total. The number of H-pyrrole nitrogens is 1. The number of carbonyl (C=O) groups is 1. The molecule has 6 nitrogen and oxygen atoms in total. The number of nitro groups is 1. The van der Waals surface area contributed by atoms with Crippen molar-refractivity contribution >= 4 is 28.6 Å². The molecule has 0 bridgehead atoms. The topological polar surface area (TPSA) is 88.9 Å². The Morgan fingerprint density at radius 1 is 1.18 bits per heavy atom. The maximum Gasteiger partial charge on any atom is 0.270 e. The number of hydrogen-bond donors (Lipinski definition) is 1. The highest BCUT2D eigenvalue weighted by atomic mass is 16.6. The molecule has 0 radical (unpaired) electrons. The average Bonchev–Trinajstić information content (AvgIpc) is 2.97. The molecule has 108 valence electrons. The Kier molecular flexibility index (Phi) is 3.49. The van der Waals surface area contributed by atoms with Crippen molar-refractivity contribution in [1.29, 1.82) is 0 Å². The van der Waals surface area contributed by atoms with Crippen LogP contribution in [0.25, 0.3) is 17.1 Å². The van der Waals surface area contributed by atoms with Crippen molar-refractivity contribution in [2.45, 2.75) is 0 Å². The molecule has 6 heteroatoms. The number of aromatic nitrogens is 2.